The van der Waals surface area contributed by atoms with Crippen molar-refractivity contribution >= 4 is 11.6 Å². The summed E-state index contributed by atoms with van der Waals surface area (Å²) in [4.78, 5) is 0. The maximum Gasteiger partial charge on any atom is 0.150 e. The van der Waals surface area contributed by atoms with Crippen molar-refractivity contribution in [1.82, 2.24) is 9.78 Å². The third-order valence-corrected chi connectivity index (χ3v) is 2.68. The summed E-state index contributed by atoms with van der Waals surface area (Å²) < 4.78 is 1.45. The van der Waals surface area contributed by atoms with Crippen LogP contribution in [0.3, 0.4) is 0 Å². The lowest BCUT2D eigenvalue weighted by atomic mass is 10.2. The minimum absolute atomic E-state index is 0.264. The van der Waals surface area contributed by atoms with Gasteiger partial charge in [0, 0.05) is 0 Å². The SMILES string of the molecule is Cc1nn(-c2cccc(C#N)c2)c(Cl)c1C#N. The topological polar surface area (TPSA) is 65.4 Å². The molecule has 0 spiro atoms. The number of benzene rings is 1. The second kappa shape index (κ2) is 4.29. The highest BCUT2D eigenvalue weighted by molar-refractivity contribution is 6.31. The fourth-order valence-corrected chi connectivity index (χ4v) is 1.82. The molecule has 0 aliphatic heterocycles. The number of halogens is 1. The van der Waals surface area contributed by atoms with E-state index in [0.29, 0.717) is 22.5 Å². The molecule has 0 amide bonds. The summed E-state index contributed by atoms with van der Waals surface area (Å²) >= 11 is 6.05. The zero-order valence-electron chi connectivity index (χ0n) is 8.98. The van der Waals surface area contributed by atoms with Gasteiger partial charge in [-0.15, -0.1) is 0 Å². The quantitative estimate of drug-likeness (QED) is 0.772. The van der Waals surface area contributed by atoms with E-state index in [0.717, 1.165) is 0 Å². The molecule has 1 aromatic heterocycles. The molecule has 0 aliphatic carbocycles. The summed E-state index contributed by atoms with van der Waals surface area (Å²) in [6, 6.07) is 10.9. The molecule has 0 unspecified atom stereocenters. The number of nitriles is 2. The fraction of sp³-hybridized carbons (Fsp3) is 0.0833. The Labute approximate surface area is 103 Å². The zero-order chi connectivity index (χ0) is 12.4. The molecule has 0 bridgehead atoms. The summed E-state index contributed by atoms with van der Waals surface area (Å²) in [5.41, 5.74) is 2.11. The summed E-state index contributed by atoms with van der Waals surface area (Å²) in [5.74, 6) is 0. The monoisotopic (exact) mass is 242 g/mol. The Morgan fingerprint density at radius 2 is 2.06 bits per heavy atom. The van der Waals surface area contributed by atoms with E-state index in [1.165, 1.54) is 4.68 Å². The van der Waals surface area contributed by atoms with E-state index in [1.54, 1.807) is 31.2 Å². The third kappa shape index (κ3) is 1.87. The summed E-state index contributed by atoms with van der Waals surface area (Å²) in [5, 5.41) is 22.2. The maximum absolute atomic E-state index is 8.92. The molecular weight excluding hydrogens is 236 g/mol. The molecule has 0 fully saturated rings. The lowest BCUT2D eigenvalue weighted by Crippen LogP contribution is -1.97. The Hall–Kier alpha value is -2.30. The smallest absolute Gasteiger partial charge is 0.150 e. The van der Waals surface area contributed by atoms with Crippen LogP contribution < -0.4 is 0 Å². The van der Waals surface area contributed by atoms with Gasteiger partial charge in [0.05, 0.1) is 23.0 Å². The van der Waals surface area contributed by atoms with E-state index in [-0.39, 0.29) is 5.15 Å². The van der Waals surface area contributed by atoms with Gasteiger partial charge in [0.25, 0.3) is 0 Å². The van der Waals surface area contributed by atoms with Crippen molar-refractivity contribution in [2.24, 2.45) is 0 Å². The van der Waals surface area contributed by atoms with Crippen LogP contribution >= 0.6 is 11.6 Å². The van der Waals surface area contributed by atoms with Crippen molar-refractivity contribution in [3.8, 4) is 17.8 Å². The molecule has 0 radical (unpaired) electrons. The lowest BCUT2D eigenvalue weighted by molar-refractivity contribution is 0.863. The van der Waals surface area contributed by atoms with Gasteiger partial charge in [0.1, 0.15) is 11.6 Å². The predicted octanol–water partition coefficient (Wildman–Crippen LogP) is 2.58. The molecule has 2 aromatic rings. The fourth-order valence-electron chi connectivity index (χ4n) is 1.50. The van der Waals surface area contributed by atoms with E-state index in [2.05, 4.69) is 5.10 Å². The molecule has 4 nitrogen and oxygen atoms in total. The van der Waals surface area contributed by atoms with Gasteiger partial charge in [0.15, 0.2) is 5.15 Å². The predicted molar refractivity (Wildman–Crippen MR) is 62.7 cm³/mol. The summed E-state index contributed by atoms with van der Waals surface area (Å²) in [6.45, 7) is 1.72. The van der Waals surface area contributed by atoms with Gasteiger partial charge in [-0.25, -0.2) is 4.68 Å². The van der Waals surface area contributed by atoms with Crippen LogP contribution in [0.1, 0.15) is 16.8 Å². The maximum atomic E-state index is 8.92. The standard InChI is InChI=1S/C12H7ClN4/c1-8-11(7-15)12(13)17(16-8)10-4-2-3-9(5-10)6-14/h2-5H,1H3. The molecule has 0 N–H and O–H groups in total. The minimum Gasteiger partial charge on any atom is -0.220 e. The number of hydrogen-bond acceptors (Lipinski definition) is 3. The number of aryl methyl sites for hydroxylation is 1. The Morgan fingerprint density at radius 3 is 2.65 bits per heavy atom. The molecule has 0 saturated heterocycles. The average Bonchev–Trinajstić information content (AvgIpc) is 2.64. The number of hydrogen-bond donors (Lipinski definition) is 0. The molecule has 0 aliphatic rings. The van der Waals surface area contributed by atoms with Crippen molar-refractivity contribution in [2.45, 2.75) is 6.92 Å². The van der Waals surface area contributed by atoms with Crippen molar-refractivity contribution in [3.05, 3.63) is 46.2 Å². The first-order valence-corrected chi connectivity index (χ1v) is 5.21. The van der Waals surface area contributed by atoms with E-state index in [9.17, 15) is 0 Å². The summed E-state index contributed by atoms with van der Waals surface area (Å²) in [6.07, 6.45) is 0. The van der Waals surface area contributed by atoms with E-state index >= 15 is 0 Å². The van der Waals surface area contributed by atoms with Gasteiger partial charge in [-0.05, 0) is 25.1 Å². The Morgan fingerprint density at radius 1 is 1.29 bits per heavy atom. The van der Waals surface area contributed by atoms with Crippen LogP contribution in [0.2, 0.25) is 5.15 Å². The highest BCUT2D eigenvalue weighted by Crippen LogP contribution is 2.22. The van der Waals surface area contributed by atoms with Crippen molar-refractivity contribution < 1.29 is 0 Å². The molecule has 82 valence electrons. The van der Waals surface area contributed by atoms with Gasteiger partial charge in [0.2, 0.25) is 0 Å². The van der Waals surface area contributed by atoms with Crippen molar-refractivity contribution in [3.63, 3.8) is 0 Å². The molecule has 1 heterocycles. The molecule has 0 atom stereocenters. The number of aromatic nitrogens is 2. The van der Waals surface area contributed by atoms with Gasteiger partial charge in [-0.2, -0.15) is 15.6 Å². The van der Waals surface area contributed by atoms with Crippen molar-refractivity contribution in [2.75, 3.05) is 0 Å². The number of rotatable bonds is 1. The van der Waals surface area contributed by atoms with E-state index < -0.39 is 0 Å². The second-order valence-corrected chi connectivity index (χ2v) is 3.79. The highest BCUT2D eigenvalue weighted by atomic mass is 35.5. The van der Waals surface area contributed by atoms with Crippen LogP contribution in [0.25, 0.3) is 5.69 Å². The third-order valence-electron chi connectivity index (χ3n) is 2.34. The van der Waals surface area contributed by atoms with Crippen LogP contribution in [0.15, 0.2) is 24.3 Å². The van der Waals surface area contributed by atoms with Gasteiger partial charge < -0.3 is 0 Å². The normalized spacial score (nSPS) is 9.65. The van der Waals surface area contributed by atoms with Gasteiger partial charge in [-0.1, -0.05) is 17.7 Å². The minimum atomic E-state index is 0.264. The highest BCUT2D eigenvalue weighted by Gasteiger charge is 2.14. The van der Waals surface area contributed by atoms with Gasteiger partial charge in [-0.3, -0.25) is 0 Å². The molecule has 0 saturated carbocycles. The molecule has 17 heavy (non-hydrogen) atoms. The molecule has 2 rings (SSSR count). The number of nitrogens with zero attached hydrogens (tertiary/aromatic N) is 4. The van der Waals surface area contributed by atoms with E-state index in [4.69, 9.17) is 22.1 Å². The largest absolute Gasteiger partial charge is 0.220 e. The molecule has 1 aromatic carbocycles. The Kier molecular flexibility index (Phi) is 2.82. The van der Waals surface area contributed by atoms with Crippen molar-refractivity contribution in [1.29, 1.82) is 10.5 Å². The van der Waals surface area contributed by atoms with Crippen LogP contribution in [0.5, 0.6) is 0 Å². The summed E-state index contributed by atoms with van der Waals surface area (Å²) in [7, 11) is 0. The Bertz CT molecular complexity index is 658. The second-order valence-electron chi connectivity index (χ2n) is 3.44. The average molecular weight is 243 g/mol. The van der Waals surface area contributed by atoms with Crippen LogP contribution in [0.4, 0.5) is 0 Å². The molecular formula is C12H7ClN4. The Balaban J connectivity index is 2.62. The van der Waals surface area contributed by atoms with Crippen LogP contribution in [-0.4, -0.2) is 9.78 Å². The lowest BCUT2D eigenvalue weighted by Gasteiger charge is -2.02. The first kappa shape index (κ1) is 11.2. The zero-order valence-corrected chi connectivity index (χ0v) is 9.73. The van der Waals surface area contributed by atoms with Gasteiger partial charge >= 0.3 is 0 Å². The molecule has 5 heteroatoms. The van der Waals surface area contributed by atoms with E-state index in [1.807, 2.05) is 12.1 Å². The van der Waals surface area contributed by atoms with Crippen LogP contribution in [-0.2, 0) is 0 Å². The first-order valence-electron chi connectivity index (χ1n) is 4.83. The first-order chi connectivity index (χ1) is 8.17. The van der Waals surface area contributed by atoms with Crippen LogP contribution in [0, 0.1) is 29.6 Å².